The number of nitrogen functional groups attached to an aromatic ring is 1. The van der Waals surface area contributed by atoms with Crippen molar-refractivity contribution in [3.8, 4) is 11.8 Å². The van der Waals surface area contributed by atoms with Gasteiger partial charge in [-0.1, -0.05) is 38.1 Å². The highest BCUT2D eigenvalue weighted by atomic mass is 16.5. The minimum Gasteiger partial charge on any atom is -0.488 e. The van der Waals surface area contributed by atoms with Gasteiger partial charge in [-0.15, -0.1) is 0 Å². The van der Waals surface area contributed by atoms with Crippen molar-refractivity contribution in [3.63, 3.8) is 0 Å². The summed E-state index contributed by atoms with van der Waals surface area (Å²) in [6, 6.07) is 15.5. The highest BCUT2D eigenvalue weighted by molar-refractivity contribution is 5.53. The standard InChI is InChI=1S/C17H18N2O/c1-12(2)14-5-3-13(4-6-14)11-20-17-8-7-16(19)9-15(17)10-18/h3-9,12H,11,19H2,1-2H3. The Morgan fingerprint density at radius 3 is 2.45 bits per heavy atom. The molecule has 0 fully saturated rings. The first kappa shape index (κ1) is 14.0. The van der Waals surface area contributed by atoms with Gasteiger partial charge < -0.3 is 10.5 Å². The largest absolute Gasteiger partial charge is 0.488 e. The molecule has 2 N–H and O–H groups in total. The van der Waals surface area contributed by atoms with E-state index in [2.05, 4.69) is 44.2 Å². The Kier molecular flexibility index (Phi) is 4.27. The average molecular weight is 266 g/mol. The van der Waals surface area contributed by atoms with E-state index in [0.29, 0.717) is 29.5 Å². The minimum absolute atomic E-state index is 0.441. The molecule has 0 heterocycles. The van der Waals surface area contributed by atoms with Crippen molar-refractivity contribution in [3.05, 3.63) is 59.2 Å². The summed E-state index contributed by atoms with van der Waals surface area (Å²) in [5, 5.41) is 9.05. The van der Waals surface area contributed by atoms with Gasteiger partial charge in [-0.25, -0.2) is 0 Å². The second kappa shape index (κ2) is 6.12. The highest BCUT2D eigenvalue weighted by Crippen LogP contribution is 2.22. The molecule has 0 bridgehead atoms. The van der Waals surface area contributed by atoms with Crippen molar-refractivity contribution < 1.29 is 4.74 Å². The molecule has 3 nitrogen and oxygen atoms in total. The first-order chi connectivity index (χ1) is 9.60. The molecule has 3 heteroatoms. The molecule has 2 aromatic carbocycles. The summed E-state index contributed by atoms with van der Waals surface area (Å²) < 4.78 is 5.69. The number of hydrogen-bond donors (Lipinski definition) is 1. The molecule has 0 aliphatic carbocycles. The van der Waals surface area contributed by atoms with Crippen LogP contribution in [0.25, 0.3) is 0 Å². The number of nitrogens with zero attached hydrogens (tertiary/aromatic N) is 1. The van der Waals surface area contributed by atoms with Crippen LogP contribution in [0.2, 0.25) is 0 Å². The Bertz CT molecular complexity index is 624. The molecule has 0 unspecified atom stereocenters. The molecule has 0 spiro atoms. The van der Waals surface area contributed by atoms with E-state index in [-0.39, 0.29) is 0 Å². The molecule has 102 valence electrons. The van der Waals surface area contributed by atoms with E-state index in [1.165, 1.54) is 5.56 Å². The van der Waals surface area contributed by atoms with Gasteiger partial charge in [0.25, 0.3) is 0 Å². The number of anilines is 1. The quantitative estimate of drug-likeness (QED) is 0.855. The summed E-state index contributed by atoms with van der Waals surface area (Å²) in [7, 11) is 0. The van der Waals surface area contributed by atoms with E-state index >= 15 is 0 Å². The van der Waals surface area contributed by atoms with Crippen LogP contribution in [0.1, 0.15) is 36.5 Å². The maximum atomic E-state index is 9.05. The van der Waals surface area contributed by atoms with Crippen LogP contribution >= 0.6 is 0 Å². The molecule has 0 saturated carbocycles. The summed E-state index contributed by atoms with van der Waals surface area (Å²) in [5.41, 5.74) is 9.06. The van der Waals surface area contributed by atoms with Gasteiger partial charge >= 0.3 is 0 Å². The molecule has 0 saturated heterocycles. The maximum Gasteiger partial charge on any atom is 0.137 e. The first-order valence-corrected chi connectivity index (χ1v) is 6.61. The summed E-state index contributed by atoms with van der Waals surface area (Å²) in [5.74, 6) is 1.09. The maximum absolute atomic E-state index is 9.05. The summed E-state index contributed by atoms with van der Waals surface area (Å²) >= 11 is 0. The van der Waals surface area contributed by atoms with Crippen molar-refractivity contribution in [2.24, 2.45) is 0 Å². The van der Waals surface area contributed by atoms with Crippen LogP contribution in [0.15, 0.2) is 42.5 Å². The van der Waals surface area contributed by atoms with E-state index in [0.717, 1.165) is 5.56 Å². The Morgan fingerprint density at radius 2 is 1.85 bits per heavy atom. The lowest BCUT2D eigenvalue weighted by Crippen LogP contribution is -1.98. The number of nitrogens with two attached hydrogens (primary N) is 1. The van der Waals surface area contributed by atoms with Gasteiger partial charge in [-0.05, 0) is 35.2 Å². The lowest BCUT2D eigenvalue weighted by Gasteiger charge is -2.10. The SMILES string of the molecule is CC(C)c1ccc(COc2ccc(N)cc2C#N)cc1. The van der Waals surface area contributed by atoms with E-state index in [9.17, 15) is 0 Å². The van der Waals surface area contributed by atoms with Crippen molar-refractivity contribution in [2.75, 3.05) is 5.73 Å². The van der Waals surface area contributed by atoms with Gasteiger partial charge in [0, 0.05) is 5.69 Å². The highest BCUT2D eigenvalue weighted by Gasteiger charge is 2.05. The third-order valence-corrected chi connectivity index (χ3v) is 3.16. The summed E-state index contributed by atoms with van der Waals surface area (Å²) in [6.07, 6.45) is 0. The van der Waals surface area contributed by atoms with Crippen molar-refractivity contribution in [1.82, 2.24) is 0 Å². The Hall–Kier alpha value is -2.47. The Balaban J connectivity index is 2.07. The number of nitriles is 1. The lowest BCUT2D eigenvalue weighted by atomic mass is 10.0. The van der Waals surface area contributed by atoms with E-state index in [1.807, 2.05) is 0 Å². The van der Waals surface area contributed by atoms with Gasteiger partial charge in [0.2, 0.25) is 0 Å². The third-order valence-electron chi connectivity index (χ3n) is 3.16. The topological polar surface area (TPSA) is 59.0 Å². The smallest absolute Gasteiger partial charge is 0.137 e. The van der Waals surface area contributed by atoms with Gasteiger partial charge in [0.15, 0.2) is 0 Å². The number of ether oxygens (including phenoxy) is 1. The van der Waals surface area contributed by atoms with Crippen LogP contribution in [-0.2, 0) is 6.61 Å². The molecule has 0 aliphatic heterocycles. The number of benzene rings is 2. The zero-order chi connectivity index (χ0) is 14.5. The molecule has 20 heavy (non-hydrogen) atoms. The van der Waals surface area contributed by atoms with Crippen molar-refractivity contribution in [2.45, 2.75) is 26.4 Å². The molecular formula is C17H18N2O. The zero-order valence-electron chi connectivity index (χ0n) is 11.8. The van der Waals surface area contributed by atoms with Crippen LogP contribution < -0.4 is 10.5 Å². The molecule has 0 aliphatic rings. The normalized spacial score (nSPS) is 10.3. The molecule has 0 radical (unpaired) electrons. The van der Waals surface area contributed by atoms with Gasteiger partial charge in [0.1, 0.15) is 18.4 Å². The van der Waals surface area contributed by atoms with Crippen LogP contribution in [-0.4, -0.2) is 0 Å². The van der Waals surface area contributed by atoms with Crippen LogP contribution in [0.3, 0.4) is 0 Å². The summed E-state index contributed by atoms with van der Waals surface area (Å²) in [6.45, 7) is 4.77. The second-order valence-electron chi connectivity index (χ2n) is 5.05. The van der Waals surface area contributed by atoms with E-state index in [4.69, 9.17) is 15.7 Å². The fourth-order valence-electron chi connectivity index (χ4n) is 1.92. The number of rotatable bonds is 4. The van der Waals surface area contributed by atoms with Crippen LogP contribution in [0.5, 0.6) is 5.75 Å². The third kappa shape index (κ3) is 3.30. The molecule has 0 amide bonds. The molecule has 2 rings (SSSR count). The predicted molar refractivity (Wildman–Crippen MR) is 80.4 cm³/mol. The molecule has 2 aromatic rings. The first-order valence-electron chi connectivity index (χ1n) is 6.61. The average Bonchev–Trinajstić information content (AvgIpc) is 2.46. The van der Waals surface area contributed by atoms with Crippen LogP contribution in [0, 0.1) is 11.3 Å². The zero-order valence-corrected chi connectivity index (χ0v) is 11.8. The van der Waals surface area contributed by atoms with Gasteiger partial charge in [-0.3, -0.25) is 0 Å². The van der Waals surface area contributed by atoms with E-state index in [1.54, 1.807) is 18.2 Å². The van der Waals surface area contributed by atoms with Gasteiger partial charge in [-0.2, -0.15) is 5.26 Å². The minimum atomic E-state index is 0.441. The molecule has 0 atom stereocenters. The molecule has 0 aromatic heterocycles. The Morgan fingerprint density at radius 1 is 1.15 bits per heavy atom. The fraction of sp³-hybridized carbons (Fsp3) is 0.235. The van der Waals surface area contributed by atoms with E-state index < -0.39 is 0 Å². The second-order valence-corrected chi connectivity index (χ2v) is 5.05. The predicted octanol–water partition coefficient (Wildman–Crippen LogP) is 3.84. The Labute approximate surface area is 119 Å². The van der Waals surface area contributed by atoms with Crippen molar-refractivity contribution in [1.29, 1.82) is 5.26 Å². The van der Waals surface area contributed by atoms with Crippen LogP contribution in [0.4, 0.5) is 5.69 Å². The summed E-state index contributed by atoms with van der Waals surface area (Å²) in [4.78, 5) is 0. The van der Waals surface area contributed by atoms with Gasteiger partial charge in [0.05, 0.1) is 5.56 Å². The lowest BCUT2D eigenvalue weighted by molar-refractivity contribution is 0.305. The van der Waals surface area contributed by atoms with Crippen molar-refractivity contribution >= 4 is 5.69 Å². The monoisotopic (exact) mass is 266 g/mol. The molecular weight excluding hydrogens is 248 g/mol. The number of hydrogen-bond acceptors (Lipinski definition) is 3. The fourth-order valence-corrected chi connectivity index (χ4v) is 1.92.